The fraction of sp³-hybridized carbons (Fsp3) is 0.500. The van der Waals surface area contributed by atoms with Gasteiger partial charge in [0.1, 0.15) is 15.8 Å². The minimum Gasteiger partial charge on any atom is -0.379 e. The molecule has 8 nitrogen and oxygen atoms in total. The fourth-order valence-electron chi connectivity index (χ4n) is 4.08. The number of thioether (sulfide) groups is 1. The Kier molecular flexibility index (Phi) is 8.02. The van der Waals surface area contributed by atoms with Crippen LogP contribution < -0.4 is 10.9 Å². The number of amides is 1. The van der Waals surface area contributed by atoms with Gasteiger partial charge in [-0.25, -0.2) is 4.98 Å². The Morgan fingerprint density at radius 2 is 2.09 bits per heavy atom. The molecule has 34 heavy (non-hydrogen) atoms. The van der Waals surface area contributed by atoms with Gasteiger partial charge in [-0.05, 0) is 50.9 Å². The van der Waals surface area contributed by atoms with Gasteiger partial charge in [-0.3, -0.25) is 23.8 Å². The van der Waals surface area contributed by atoms with Crippen LogP contribution in [0.1, 0.15) is 37.8 Å². The molecule has 2 aromatic rings. The van der Waals surface area contributed by atoms with Gasteiger partial charge >= 0.3 is 0 Å². The number of thiocarbonyl (C=S) groups is 1. The van der Waals surface area contributed by atoms with E-state index in [4.69, 9.17) is 21.9 Å². The number of rotatable bonds is 8. The number of aromatic nitrogens is 2. The lowest BCUT2D eigenvalue weighted by Gasteiger charge is -2.26. The molecular weight excluding hydrogens is 470 g/mol. The minimum absolute atomic E-state index is 0.00894. The van der Waals surface area contributed by atoms with Crippen LogP contribution in [0.4, 0.5) is 5.82 Å². The van der Waals surface area contributed by atoms with Crippen molar-refractivity contribution >= 4 is 51.7 Å². The standard InChI is InChI=1S/C24H31N5O3S2/c1-4-17(3)29-23(31)19(34-24(29)33)15-18-20(25-8-6-9-27-11-13-32-14-12-27)26-21-16(2)7-5-10-28(21)22(18)30/h5,7,10,15,17,25H,4,6,8-9,11-14H2,1-3H3/b19-15-. The second kappa shape index (κ2) is 11.0. The molecule has 182 valence electrons. The summed E-state index contributed by atoms with van der Waals surface area (Å²) >= 11 is 6.70. The van der Waals surface area contributed by atoms with Crippen molar-refractivity contribution in [3.8, 4) is 0 Å². The van der Waals surface area contributed by atoms with Crippen LogP contribution in [-0.4, -0.2) is 74.8 Å². The predicted octanol–water partition coefficient (Wildman–Crippen LogP) is 3.14. The zero-order valence-corrected chi connectivity index (χ0v) is 21.5. The lowest BCUT2D eigenvalue weighted by Crippen LogP contribution is -2.37. The summed E-state index contributed by atoms with van der Waals surface area (Å²) in [6.45, 7) is 11.0. The SMILES string of the molecule is CCC(C)N1C(=O)/C(=C/c2c(NCCCN3CCOCC3)nc3c(C)cccn3c2=O)SC1=S. The molecule has 0 radical (unpaired) electrons. The van der Waals surface area contributed by atoms with E-state index in [1.165, 1.54) is 16.2 Å². The van der Waals surface area contributed by atoms with E-state index < -0.39 is 0 Å². The molecule has 4 rings (SSSR count). The van der Waals surface area contributed by atoms with Gasteiger partial charge in [0.15, 0.2) is 0 Å². The Morgan fingerprint density at radius 1 is 1.32 bits per heavy atom. The molecule has 1 N–H and O–H groups in total. The number of hydrogen-bond acceptors (Lipinski definition) is 8. The van der Waals surface area contributed by atoms with E-state index in [-0.39, 0.29) is 17.5 Å². The molecule has 0 aromatic carbocycles. The van der Waals surface area contributed by atoms with Crippen molar-refractivity contribution in [1.82, 2.24) is 19.2 Å². The lowest BCUT2D eigenvalue weighted by molar-refractivity contribution is -0.123. The topological polar surface area (TPSA) is 79.2 Å². The minimum atomic E-state index is -0.210. The van der Waals surface area contributed by atoms with Crippen molar-refractivity contribution in [3.05, 3.63) is 44.7 Å². The summed E-state index contributed by atoms with van der Waals surface area (Å²) in [5.41, 5.74) is 1.68. The molecule has 2 saturated heterocycles. The fourth-order valence-corrected chi connectivity index (χ4v) is 5.53. The number of carbonyl (C=O) groups excluding carboxylic acids is 1. The van der Waals surface area contributed by atoms with Gasteiger partial charge in [0.05, 0.1) is 23.7 Å². The van der Waals surface area contributed by atoms with Crippen LogP contribution in [0.2, 0.25) is 0 Å². The van der Waals surface area contributed by atoms with E-state index in [9.17, 15) is 9.59 Å². The number of ether oxygens (including phenoxy) is 1. The molecule has 0 bridgehead atoms. The van der Waals surface area contributed by atoms with E-state index >= 15 is 0 Å². The molecule has 2 fully saturated rings. The second-order valence-electron chi connectivity index (χ2n) is 8.61. The highest BCUT2D eigenvalue weighted by molar-refractivity contribution is 8.26. The van der Waals surface area contributed by atoms with Gasteiger partial charge in [-0.2, -0.15) is 0 Å². The average molecular weight is 502 g/mol. The highest BCUT2D eigenvalue weighted by Crippen LogP contribution is 2.34. The summed E-state index contributed by atoms with van der Waals surface area (Å²) in [7, 11) is 0. The number of aryl methyl sites for hydroxylation is 1. The second-order valence-corrected chi connectivity index (χ2v) is 10.3. The van der Waals surface area contributed by atoms with Crippen LogP contribution in [-0.2, 0) is 9.53 Å². The van der Waals surface area contributed by atoms with Crippen molar-refractivity contribution in [2.75, 3.05) is 44.7 Å². The summed E-state index contributed by atoms with van der Waals surface area (Å²) in [6.07, 6.45) is 5.07. The van der Waals surface area contributed by atoms with Crippen molar-refractivity contribution < 1.29 is 9.53 Å². The lowest BCUT2D eigenvalue weighted by atomic mass is 10.2. The number of carbonyl (C=O) groups is 1. The molecule has 1 amide bonds. The van der Waals surface area contributed by atoms with E-state index in [1.54, 1.807) is 17.2 Å². The van der Waals surface area contributed by atoms with Gasteiger partial charge < -0.3 is 10.1 Å². The van der Waals surface area contributed by atoms with Crippen molar-refractivity contribution in [1.29, 1.82) is 0 Å². The Labute approximate surface area is 209 Å². The first-order valence-corrected chi connectivity index (χ1v) is 13.0. The van der Waals surface area contributed by atoms with Gasteiger partial charge in [-0.15, -0.1) is 0 Å². The molecule has 0 spiro atoms. The Morgan fingerprint density at radius 3 is 2.82 bits per heavy atom. The summed E-state index contributed by atoms with van der Waals surface area (Å²) in [5.74, 6) is 0.339. The number of hydrogen-bond donors (Lipinski definition) is 1. The third kappa shape index (κ3) is 5.19. The van der Waals surface area contributed by atoms with Gasteiger partial charge in [0, 0.05) is 31.9 Å². The number of pyridine rings is 1. The van der Waals surface area contributed by atoms with E-state index in [0.717, 1.165) is 51.3 Å². The van der Waals surface area contributed by atoms with Crippen LogP contribution in [0.25, 0.3) is 11.7 Å². The van der Waals surface area contributed by atoms with Crippen LogP contribution >= 0.6 is 24.0 Å². The van der Waals surface area contributed by atoms with Crippen molar-refractivity contribution in [2.45, 2.75) is 39.7 Å². The van der Waals surface area contributed by atoms with E-state index in [2.05, 4.69) is 10.2 Å². The highest BCUT2D eigenvalue weighted by Gasteiger charge is 2.35. The molecule has 0 saturated carbocycles. The van der Waals surface area contributed by atoms with Crippen LogP contribution in [0.5, 0.6) is 0 Å². The molecule has 1 atom stereocenters. The summed E-state index contributed by atoms with van der Waals surface area (Å²) in [5, 5.41) is 3.36. The average Bonchev–Trinajstić information content (AvgIpc) is 3.12. The maximum absolute atomic E-state index is 13.5. The first-order chi connectivity index (χ1) is 16.4. The zero-order chi connectivity index (χ0) is 24.2. The van der Waals surface area contributed by atoms with Gasteiger partial charge in [-0.1, -0.05) is 37.0 Å². The Bertz CT molecular complexity index is 1170. The van der Waals surface area contributed by atoms with E-state index in [1.807, 2.05) is 32.9 Å². The van der Waals surface area contributed by atoms with Crippen LogP contribution in [0, 0.1) is 6.92 Å². The molecular formula is C24H31N5O3S2. The number of fused-ring (bicyclic) bond motifs is 1. The van der Waals surface area contributed by atoms with Crippen LogP contribution in [0.15, 0.2) is 28.0 Å². The third-order valence-electron chi connectivity index (χ3n) is 6.26. The van der Waals surface area contributed by atoms with Gasteiger partial charge in [0.25, 0.3) is 11.5 Å². The maximum atomic E-state index is 13.5. The monoisotopic (exact) mass is 501 g/mol. The third-order valence-corrected chi connectivity index (χ3v) is 7.59. The van der Waals surface area contributed by atoms with Crippen molar-refractivity contribution in [2.24, 2.45) is 0 Å². The smallest absolute Gasteiger partial charge is 0.267 e. The number of anilines is 1. The van der Waals surface area contributed by atoms with Gasteiger partial charge in [0.2, 0.25) is 0 Å². The molecule has 1 unspecified atom stereocenters. The molecule has 2 aromatic heterocycles. The predicted molar refractivity (Wildman–Crippen MR) is 141 cm³/mol. The first-order valence-electron chi connectivity index (χ1n) is 11.7. The quantitative estimate of drug-likeness (QED) is 0.336. The normalized spacial score (nSPS) is 19.4. The zero-order valence-electron chi connectivity index (χ0n) is 19.9. The van der Waals surface area contributed by atoms with Crippen molar-refractivity contribution in [3.63, 3.8) is 0 Å². The molecule has 10 heteroatoms. The Hall–Kier alpha value is -2.27. The van der Waals surface area contributed by atoms with E-state index in [0.29, 0.717) is 32.8 Å². The summed E-state index contributed by atoms with van der Waals surface area (Å²) in [4.78, 5) is 35.8. The Balaban J connectivity index is 1.64. The van der Waals surface area contributed by atoms with Crippen LogP contribution in [0.3, 0.4) is 0 Å². The molecule has 2 aliphatic heterocycles. The number of morpholine rings is 1. The highest BCUT2D eigenvalue weighted by atomic mass is 32.2. The first kappa shape index (κ1) is 24.8. The summed E-state index contributed by atoms with van der Waals surface area (Å²) in [6, 6.07) is 3.77. The molecule has 4 heterocycles. The number of nitrogens with zero attached hydrogens (tertiary/aromatic N) is 4. The maximum Gasteiger partial charge on any atom is 0.267 e. The molecule has 0 aliphatic carbocycles. The number of nitrogens with one attached hydrogen (secondary N) is 1. The summed E-state index contributed by atoms with van der Waals surface area (Å²) < 4.78 is 7.47. The largest absolute Gasteiger partial charge is 0.379 e. The molecule has 2 aliphatic rings.